The number of hydrogen-bond donors (Lipinski definition) is 2. The largest absolute Gasteiger partial charge is 0.481 e. The summed E-state index contributed by atoms with van der Waals surface area (Å²) in [6, 6.07) is 4.23. The zero-order chi connectivity index (χ0) is 17.7. The van der Waals surface area contributed by atoms with Gasteiger partial charge in [0.1, 0.15) is 12.4 Å². The smallest absolute Gasteiger partial charge is 0.305 e. The molecule has 2 N–H and O–H groups in total. The summed E-state index contributed by atoms with van der Waals surface area (Å²) in [5.41, 5.74) is 0.236. The lowest BCUT2D eigenvalue weighted by Crippen LogP contribution is -2.30. The van der Waals surface area contributed by atoms with Gasteiger partial charge >= 0.3 is 5.97 Å². The molecule has 7 nitrogen and oxygen atoms in total. The number of aliphatic carboxylic acids is 1. The molecule has 9 heteroatoms. The van der Waals surface area contributed by atoms with Gasteiger partial charge in [-0.05, 0) is 17.7 Å². The van der Waals surface area contributed by atoms with Gasteiger partial charge in [0.25, 0.3) is 5.91 Å². The molecule has 1 unspecified atom stereocenters. The molecule has 0 spiro atoms. The van der Waals surface area contributed by atoms with E-state index in [0.29, 0.717) is 5.76 Å². The molecule has 128 valence electrons. The first-order valence-electron chi connectivity index (χ1n) is 6.83. The third kappa shape index (κ3) is 4.53. The number of methoxy groups -OCH3 is 1. The van der Waals surface area contributed by atoms with Crippen molar-refractivity contribution in [2.45, 2.75) is 19.1 Å². The highest BCUT2D eigenvalue weighted by Gasteiger charge is 2.22. The molecule has 2 aromatic rings. The van der Waals surface area contributed by atoms with Crippen molar-refractivity contribution in [1.29, 1.82) is 0 Å². The van der Waals surface area contributed by atoms with E-state index in [2.05, 4.69) is 10.5 Å². The van der Waals surface area contributed by atoms with Crippen LogP contribution in [-0.4, -0.2) is 29.2 Å². The number of nitrogens with one attached hydrogen (secondary N) is 1. The molecule has 1 aromatic carbocycles. The van der Waals surface area contributed by atoms with Crippen LogP contribution in [0.4, 0.5) is 4.39 Å². The van der Waals surface area contributed by atoms with Crippen molar-refractivity contribution in [3.63, 3.8) is 0 Å². The number of carboxylic acids is 1. The number of nitrogens with zero attached hydrogens (tertiary/aromatic N) is 1. The Kier molecular flexibility index (Phi) is 5.88. The number of benzene rings is 1. The molecule has 0 aliphatic carbocycles. The van der Waals surface area contributed by atoms with E-state index >= 15 is 0 Å². The van der Waals surface area contributed by atoms with Gasteiger partial charge in [-0.3, -0.25) is 9.59 Å². The number of carboxylic acid groups (broad SMARTS) is 1. The number of halogens is 2. The van der Waals surface area contributed by atoms with Gasteiger partial charge in [0.2, 0.25) is 0 Å². The predicted octanol–water partition coefficient (Wildman–Crippen LogP) is 2.56. The molecule has 0 saturated heterocycles. The topological polar surface area (TPSA) is 102 Å². The highest BCUT2D eigenvalue weighted by Crippen LogP contribution is 2.23. The van der Waals surface area contributed by atoms with Crippen molar-refractivity contribution < 1.29 is 28.3 Å². The number of carbonyl (C=O) groups is 2. The predicted molar refractivity (Wildman–Crippen MR) is 81.1 cm³/mol. The highest BCUT2D eigenvalue weighted by molar-refractivity contribution is 6.30. The maximum atomic E-state index is 13.6. The van der Waals surface area contributed by atoms with Gasteiger partial charge in [-0.1, -0.05) is 22.8 Å². The molecule has 1 atom stereocenters. The lowest BCUT2D eigenvalue weighted by atomic mass is 10.0. The van der Waals surface area contributed by atoms with Gasteiger partial charge in [0.15, 0.2) is 11.5 Å². The Balaban J connectivity index is 2.19. The van der Waals surface area contributed by atoms with Crippen molar-refractivity contribution in [1.82, 2.24) is 10.5 Å². The minimum Gasteiger partial charge on any atom is -0.481 e. The molecule has 0 bridgehead atoms. The number of ether oxygens (including phenoxy) is 1. The first-order chi connectivity index (χ1) is 11.4. The van der Waals surface area contributed by atoms with Gasteiger partial charge in [0, 0.05) is 13.2 Å². The van der Waals surface area contributed by atoms with Crippen molar-refractivity contribution in [2.24, 2.45) is 0 Å². The zero-order valence-electron chi connectivity index (χ0n) is 12.6. The van der Waals surface area contributed by atoms with Crippen LogP contribution in [0.15, 0.2) is 28.8 Å². The lowest BCUT2D eigenvalue weighted by molar-refractivity contribution is -0.137. The van der Waals surface area contributed by atoms with E-state index in [1.54, 1.807) is 0 Å². The minimum absolute atomic E-state index is 0.0353. The third-order valence-electron chi connectivity index (χ3n) is 3.11. The number of hydrogen-bond acceptors (Lipinski definition) is 5. The van der Waals surface area contributed by atoms with Crippen LogP contribution in [0, 0.1) is 5.82 Å². The van der Waals surface area contributed by atoms with E-state index in [0.717, 1.165) is 6.07 Å². The van der Waals surface area contributed by atoms with E-state index < -0.39 is 30.2 Å². The molecule has 24 heavy (non-hydrogen) atoms. The Labute approximate surface area is 141 Å². The molecule has 0 saturated carbocycles. The summed E-state index contributed by atoms with van der Waals surface area (Å²) in [6.07, 6.45) is -0.435. The number of amides is 1. The summed E-state index contributed by atoms with van der Waals surface area (Å²) in [7, 11) is 1.46. The number of carbonyl (C=O) groups excluding carboxylic acids is 1. The fourth-order valence-electron chi connectivity index (χ4n) is 2.02. The second-order valence-electron chi connectivity index (χ2n) is 4.91. The summed E-state index contributed by atoms with van der Waals surface area (Å²) in [4.78, 5) is 23.2. The SMILES string of the molecule is COCc1cc(C(=O)NC(CC(=O)O)c2ccc(Cl)c(F)c2)no1. The van der Waals surface area contributed by atoms with Gasteiger partial charge in [0.05, 0.1) is 17.5 Å². The number of aromatic nitrogens is 1. The van der Waals surface area contributed by atoms with E-state index in [4.69, 9.17) is 26.0 Å². The Bertz CT molecular complexity index is 749. The normalized spacial score (nSPS) is 12.0. The van der Waals surface area contributed by atoms with Gasteiger partial charge in [-0.25, -0.2) is 4.39 Å². The molecule has 1 aromatic heterocycles. The molecule has 1 heterocycles. The second kappa shape index (κ2) is 7.89. The first-order valence-corrected chi connectivity index (χ1v) is 7.20. The Hall–Kier alpha value is -2.45. The fourth-order valence-corrected chi connectivity index (χ4v) is 2.14. The quantitative estimate of drug-likeness (QED) is 0.790. The van der Waals surface area contributed by atoms with Gasteiger partial charge in [-0.15, -0.1) is 0 Å². The Morgan fingerprint density at radius 1 is 1.46 bits per heavy atom. The third-order valence-corrected chi connectivity index (χ3v) is 3.41. The van der Waals surface area contributed by atoms with Crippen molar-refractivity contribution >= 4 is 23.5 Å². The maximum absolute atomic E-state index is 13.6. The molecule has 2 rings (SSSR count). The zero-order valence-corrected chi connectivity index (χ0v) is 13.3. The van der Waals surface area contributed by atoms with Gasteiger partial charge in [-0.2, -0.15) is 0 Å². The highest BCUT2D eigenvalue weighted by atomic mass is 35.5. The standard InChI is InChI=1S/C15H14ClFN2O5/c1-23-7-9-5-13(19-24-9)15(22)18-12(6-14(20)21)8-2-3-10(16)11(17)4-8/h2-5,12H,6-7H2,1H3,(H,18,22)(H,20,21). The molecule has 0 aliphatic rings. The van der Waals surface area contributed by atoms with E-state index in [-0.39, 0.29) is 22.9 Å². The minimum atomic E-state index is -1.16. The molecule has 0 aliphatic heterocycles. The summed E-state index contributed by atoms with van der Waals surface area (Å²) in [5, 5.41) is 15.0. The lowest BCUT2D eigenvalue weighted by Gasteiger charge is -2.17. The summed E-state index contributed by atoms with van der Waals surface area (Å²) < 4.78 is 23.3. The Morgan fingerprint density at radius 2 is 2.21 bits per heavy atom. The summed E-state index contributed by atoms with van der Waals surface area (Å²) in [5.74, 6) is -2.17. The van der Waals surface area contributed by atoms with Crippen molar-refractivity contribution in [3.05, 3.63) is 52.1 Å². The molecular formula is C15H14ClFN2O5. The molecular weight excluding hydrogens is 343 g/mol. The monoisotopic (exact) mass is 356 g/mol. The second-order valence-corrected chi connectivity index (χ2v) is 5.32. The van der Waals surface area contributed by atoms with Crippen LogP contribution in [0.3, 0.4) is 0 Å². The Morgan fingerprint density at radius 3 is 2.83 bits per heavy atom. The van der Waals surface area contributed by atoms with Crippen LogP contribution in [0.2, 0.25) is 5.02 Å². The van der Waals surface area contributed by atoms with Crippen LogP contribution in [0.5, 0.6) is 0 Å². The van der Waals surface area contributed by atoms with Gasteiger partial charge < -0.3 is 19.7 Å². The fraction of sp³-hybridized carbons (Fsp3) is 0.267. The van der Waals surface area contributed by atoms with E-state index in [9.17, 15) is 14.0 Å². The summed E-state index contributed by atoms with van der Waals surface area (Å²) >= 11 is 5.61. The summed E-state index contributed by atoms with van der Waals surface area (Å²) in [6.45, 7) is 0.140. The molecule has 0 radical (unpaired) electrons. The number of rotatable bonds is 7. The van der Waals surface area contributed by atoms with E-state index in [1.165, 1.54) is 25.3 Å². The molecule has 1 amide bonds. The molecule has 0 fully saturated rings. The maximum Gasteiger partial charge on any atom is 0.305 e. The van der Waals surface area contributed by atoms with Crippen LogP contribution < -0.4 is 5.32 Å². The average Bonchev–Trinajstić information content (AvgIpc) is 2.98. The van der Waals surface area contributed by atoms with Crippen LogP contribution >= 0.6 is 11.6 Å². The van der Waals surface area contributed by atoms with Crippen LogP contribution in [0.25, 0.3) is 0 Å². The van der Waals surface area contributed by atoms with E-state index in [1.807, 2.05) is 0 Å². The van der Waals surface area contributed by atoms with Crippen molar-refractivity contribution in [2.75, 3.05) is 7.11 Å². The average molecular weight is 357 g/mol. The van der Waals surface area contributed by atoms with Crippen LogP contribution in [0.1, 0.15) is 34.3 Å². The van der Waals surface area contributed by atoms with Crippen molar-refractivity contribution in [3.8, 4) is 0 Å². The van der Waals surface area contributed by atoms with Crippen LogP contribution in [-0.2, 0) is 16.1 Å². The first kappa shape index (κ1) is 17.9.